The molecule has 1 N–H and O–H groups in total. The Morgan fingerprint density at radius 2 is 1.63 bits per heavy atom. The van der Waals surface area contributed by atoms with Crippen LogP contribution in [0, 0.1) is 0 Å². The molecular weight excluding hydrogens is 242 g/mol. The predicted octanol–water partition coefficient (Wildman–Crippen LogP) is 2.78. The molecule has 108 valence electrons. The van der Waals surface area contributed by atoms with Crippen LogP contribution in [0.4, 0.5) is 0 Å². The van der Waals surface area contributed by atoms with Crippen LogP contribution in [0.3, 0.4) is 0 Å². The second-order valence-electron chi connectivity index (χ2n) is 4.54. The smallest absolute Gasteiger partial charge is 0.127 e. The zero-order chi connectivity index (χ0) is 14.3. The molecule has 0 aliphatic carbocycles. The van der Waals surface area contributed by atoms with E-state index in [0.717, 1.165) is 29.9 Å². The number of hydrogen-bond donors (Lipinski definition) is 1. The molecule has 0 fully saturated rings. The average Bonchev–Trinajstić information content (AvgIpc) is 2.47. The van der Waals surface area contributed by atoms with Gasteiger partial charge < -0.3 is 19.5 Å². The summed E-state index contributed by atoms with van der Waals surface area (Å²) in [6, 6.07) is 6.04. The van der Waals surface area contributed by atoms with E-state index in [0.29, 0.717) is 0 Å². The van der Waals surface area contributed by atoms with E-state index >= 15 is 0 Å². The summed E-state index contributed by atoms with van der Waals surface area (Å²) >= 11 is 0. The van der Waals surface area contributed by atoms with Gasteiger partial charge in [-0.25, -0.2) is 0 Å². The highest BCUT2D eigenvalue weighted by atomic mass is 16.5. The molecule has 1 aromatic carbocycles. The summed E-state index contributed by atoms with van der Waals surface area (Å²) < 4.78 is 16.2. The van der Waals surface area contributed by atoms with E-state index in [1.165, 1.54) is 0 Å². The van der Waals surface area contributed by atoms with Crippen LogP contribution in [0.15, 0.2) is 18.2 Å². The van der Waals surface area contributed by atoms with Crippen LogP contribution in [-0.2, 0) is 4.74 Å². The van der Waals surface area contributed by atoms with Crippen molar-refractivity contribution in [3.05, 3.63) is 23.8 Å². The van der Waals surface area contributed by atoms with E-state index < -0.39 is 0 Å². The van der Waals surface area contributed by atoms with Crippen molar-refractivity contribution in [3.63, 3.8) is 0 Å². The second-order valence-corrected chi connectivity index (χ2v) is 4.54. The second kappa shape index (κ2) is 8.02. The number of nitrogens with one attached hydrogen (secondary N) is 1. The van der Waals surface area contributed by atoms with Crippen LogP contribution in [0.2, 0.25) is 0 Å². The van der Waals surface area contributed by atoms with Crippen molar-refractivity contribution < 1.29 is 14.2 Å². The van der Waals surface area contributed by atoms with Crippen LogP contribution < -0.4 is 14.8 Å². The van der Waals surface area contributed by atoms with Crippen LogP contribution in [0.1, 0.15) is 31.4 Å². The number of hydrogen-bond acceptors (Lipinski definition) is 4. The quantitative estimate of drug-likeness (QED) is 0.786. The van der Waals surface area contributed by atoms with Gasteiger partial charge in [0.15, 0.2) is 0 Å². The summed E-state index contributed by atoms with van der Waals surface area (Å²) in [7, 11) is 7.06. The van der Waals surface area contributed by atoms with Crippen molar-refractivity contribution in [2.75, 3.05) is 28.4 Å². The van der Waals surface area contributed by atoms with Gasteiger partial charge in [0.05, 0.1) is 25.9 Å². The maximum atomic E-state index is 5.45. The molecule has 4 nitrogen and oxygen atoms in total. The topological polar surface area (TPSA) is 39.7 Å². The molecule has 19 heavy (non-hydrogen) atoms. The molecule has 0 saturated heterocycles. The molecule has 0 aliphatic heterocycles. The van der Waals surface area contributed by atoms with Gasteiger partial charge in [0.2, 0.25) is 0 Å². The van der Waals surface area contributed by atoms with Gasteiger partial charge in [-0.1, -0.05) is 6.07 Å². The lowest BCUT2D eigenvalue weighted by Gasteiger charge is -2.23. The molecular formula is C15H25NO3. The Balaban J connectivity index is 2.95. The fourth-order valence-corrected chi connectivity index (χ4v) is 2.18. The highest BCUT2D eigenvalue weighted by Crippen LogP contribution is 2.36. The van der Waals surface area contributed by atoms with Gasteiger partial charge in [-0.05, 0) is 38.9 Å². The van der Waals surface area contributed by atoms with E-state index in [1.807, 2.05) is 25.2 Å². The van der Waals surface area contributed by atoms with E-state index in [1.54, 1.807) is 21.3 Å². The summed E-state index contributed by atoms with van der Waals surface area (Å²) in [6.07, 6.45) is 2.18. The molecule has 0 bridgehead atoms. The van der Waals surface area contributed by atoms with Crippen LogP contribution >= 0.6 is 0 Å². The third-order valence-electron chi connectivity index (χ3n) is 3.43. The Kier molecular flexibility index (Phi) is 6.67. The zero-order valence-corrected chi connectivity index (χ0v) is 12.5. The molecule has 1 rings (SSSR count). The van der Waals surface area contributed by atoms with Gasteiger partial charge in [0, 0.05) is 13.2 Å². The molecule has 0 aliphatic rings. The molecule has 2 unspecified atom stereocenters. The lowest BCUT2D eigenvalue weighted by atomic mass is 9.98. The fourth-order valence-electron chi connectivity index (χ4n) is 2.18. The first-order valence-corrected chi connectivity index (χ1v) is 6.58. The van der Waals surface area contributed by atoms with Crippen molar-refractivity contribution in [1.29, 1.82) is 0 Å². The Hall–Kier alpha value is -1.26. The SMILES string of the molecule is CNC(CCC(C)OC)c1c(OC)cccc1OC. The number of ether oxygens (including phenoxy) is 3. The summed E-state index contributed by atoms with van der Waals surface area (Å²) in [5.41, 5.74) is 1.07. The Labute approximate surface area is 116 Å². The molecule has 4 heteroatoms. The largest absolute Gasteiger partial charge is 0.496 e. The van der Waals surface area contributed by atoms with Gasteiger partial charge in [0.1, 0.15) is 11.5 Å². The van der Waals surface area contributed by atoms with Crippen molar-refractivity contribution in [1.82, 2.24) is 5.32 Å². The van der Waals surface area contributed by atoms with Crippen molar-refractivity contribution in [3.8, 4) is 11.5 Å². The summed E-state index contributed by atoms with van der Waals surface area (Å²) in [5, 5.41) is 3.33. The highest BCUT2D eigenvalue weighted by molar-refractivity contribution is 5.47. The number of benzene rings is 1. The van der Waals surface area contributed by atoms with Crippen LogP contribution in [-0.4, -0.2) is 34.5 Å². The Morgan fingerprint density at radius 1 is 1.05 bits per heavy atom. The molecule has 0 heterocycles. The molecule has 0 saturated carbocycles. The number of rotatable bonds is 8. The van der Waals surface area contributed by atoms with E-state index in [4.69, 9.17) is 14.2 Å². The van der Waals surface area contributed by atoms with Crippen molar-refractivity contribution in [2.45, 2.75) is 31.9 Å². The minimum Gasteiger partial charge on any atom is -0.496 e. The van der Waals surface area contributed by atoms with E-state index in [9.17, 15) is 0 Å². The average molecular weight is 267 g/mol. The van der Waals surface area contributed by atoms with Gasteiger partial charge >= 0.3 is 0 Å². The van der Waals surface area contributed by atoms with Crippen LogP contribution in [0.5, 0.6) is 11.5 Å². The lowest BCUT2D eigenvalue weighted by molar-refractivity contribution is 0.106. The Morgan fingerprint density at radius 3 is 2.05 bits per heavy atom. The normalized spacial score (nSPS) is 13.9. The van der Waals surface area contributed by atoms with Gasteiger partial charge in [-0.3, -0.25) is 0 Å². The minimum absolute atomic E-state index is 0.184. The number of methoxy groups -OCH3 is 3. The molecule has 0 spiro atoms. The molecule has 0 radical (unpaired) electrons. The van der Waals surface area contributed by atoms with Gasteiger partial charge in [-0.2, -0.15) is 0 Å². The van der Waals surface area contributed by atoms with E-state index in [-0.39, 0.29) is 12.1 Å². The summed E-state index contributed by atoms with van der Waals surface area (Å²) in [6.45, 7) is 2.08. The van der Waals surface area contributed by atoms with E-state index in [2.05, 4.69) is 12.2 Å². The molecule has 0 aromatic heterocycles. The zero-order valence-electron chi connectivity index (χ0n) is 12.5. The monoisotopic (exact) mass is 267 g/mol. The highest BCUT2D eigenvalue weighted by Gasteiger charge is 2.20. The minimum atomic E-state index is 0.184. The standard InChI is InChI=1S/C15H25NO3/c1-11(17-3)9-10-12(16-2)15-13(18-4)7-6-8-14(15)19-5/h6-8,11-12,16H,9-10H2,1-5H3. The fraction of sp³-hybridized carbons (Fsp3) is 0.600. The molecule has 1 aromatic rings. The van der Waals surface area contributed by atoms with Crippen LogP contribution in [0.25, 0.3) is 0 Å². The third-order valence-corrected chi connectivity index (χ3v) is 3.43. The maximum Gasteiger partial charge on any atom is 0.127 e. The van der Waals surface area contributed by atoms with Crippen molar-refractivity contribution >= 4 is 0 Å². The summed E-state index contributed by atoms with van der Waals surface area (Å²) in [4.78, 5) is 0. The van der Waals surface area contributed by atoms with Crippen molar-refractivity contribution in [2.24, 2.45) is 0 Å². The first kappa shape index (κ1) is 15.8. The molecule has 0 amide bonds. The molecule has 2 atom stereocenters. The summed E-state index contributed by atoms with van der Waals surface area (Å²) in [5.74, 6) is 1.70. The van der Waals surface area contributed by atoms with Gasteiger partial charge in [-0.15, -0.1) is 0 Å². The predicted molar refractivity (Wildman–Crippen MR) is 77.1 cm³/mol. The first-order valence-electron chi connectivity index (χ1n) is 6.58. The first-order chi connectivity index (χ1) is 9.17. The third kappa shape index (κ3) is 4.11. The lowest BCUT2D eigenvalue weighted by Crippen LogP contribution is -2.20. The maximum absolute atomic E-state index is 5.45. The van der Waals surface area contributed by atoms with Gasteiger partial charge in [0.25, 0.3) is 0 Å². The Bertz CT molecular complexity index is 359.